The van der Waals surface area contributed by atoms with Gasteiger partial charge in [0.15, 0.2) is 12.6 Å². The largest absolute Gasteiger partial charge is 0.477 e. The lowest BCUT2D eigenvalue weighted by molar-refractivity contribution is -0.351. The number of hydrogen-bond donors (Lipinski definition) is 13. The fraction of sp³-hybridized carbons (Fsp3) is 0.880. The second-order valence-electron chi connectivity index (χ2n) is 11.8. The molecule has 3 fully saturated rings. The van der Waals surface area contributed by atoms with E-state index in [9.17, 15) is 73.9 Å². The number of amides is 2. The summed E-state index contributed by atoms with van der Waals surface area (Å²) in [5.41, 5.74) is 0. The van der Waals surface area contributed by atoms with Crippen molar-refractivity contribution in [2.24, 2.45) is 0 Å². The molecule has 50 heavy (non-hydrogen) atoms. The SMILES string of the molecule is CC(=O)N[C@H]1[C@H]([C@H](O)[C@H](O)CO)O[C@@](OC[C@H]2OC(O)[C@H](NC(C)=O)[C@@H](O[C@@H]3O[C@H](COS(=O)(=O)O)[C@H](O)[C@H](O)[C@H]3O)[C@H]2O)(C(=O)O)C[C@@H]1O. The Morgan fingerprint density at radius 3 is 2.00 bits per heavy atom. The standard InChI is InChI=1S/C25H42N2O22S/c1-7(29)26-13-9(31)3-25(24(39)40,49-21(13)15(33)10(32)4-28)44-5-11-17(35)20(14(22(38)46-11)27-8(2)30)48-23-19(37)18(36)16(34)12(47-23)6-45-50(41,42)43/h9-23,28,31-38H,3-6H2,1-2H3,(H,26,29)(H,27,30)(H,39,40)(H,41,42,43)/t9-,10+,11+,12+,13+,14+,15+,16-,17-,18-,19+,20+,21+,22?,23-,25+/m0/s1. The first-order valence-electron chi connectivity index (χ1n) is 14.8. The molecule has 1 unspecified atom stereocenters. The molecule has 3 heterocycles. The summed E-state index contributed by atoms with van der Waals surface area (Å²) in [5.74, 6) is -6.40. The Kier molecular flexibility index (Phi) is 14.4. The Bertz CT molecular complexity index is 1290. The number of carboxylic acids is 1. The van der Waals surface area contributed by atoms with Crippen LogP contribution >= 0.6 is 0 Å². The Morgan fingerprint density at radius 1 is 0.880 bits per heavy atom. The van der Waals surface area contributed by atoms with Crippen molar-refractivity contribution >= 4 is 28.2 Å². The van der Waals surface area contributed by atoms with Crippen LogP contribution in [-0.2, 0) is 52.7 Å². The number of ether oxygens (including phenoxy) is 5. The zero-order valence-corrected chi connectivity index (χ0v) is 27.1. The molecular formula is C25H42N2O22S. The van der Waals surface area contributed by atoms with Crippen LogP contribution in [0.3, 0.4) is 0 Å². The third kappa shape index (κ3) is 9.98. The predicted molar refractivity (Wildman–Crippen MR) is 152 cm³/mol. The maximum atomic E-state index is 12.5. The molecule has 290 valence electrons. The Balaban J connectivity index is 1.88. The van der Waals surface area contributed by atoms with Gasteiger partial charge in [0.1, 0.15) is 67.1 Å². The van der Waals surface area contributed by atoms with Crippen LogP contribution in [0.15, 0.2) is 0 Å². The molecule has 13 N–H and O–H groups in total. The van der Waals surface area contributed by atoms with Gasteiger partial charge in [0.25, 0.3) is 5.79 Å². The normalized spacial score (nSPS) is 40.8. The highest BCUT2D eigenvalue weighted by atomic mass is 32.3. The van der Waals surface area contributed by atoms with Gasteiger partial charge in [-0.1, -0.05) is 0 Å². The minimum atomic E-state index is -5.07. The summed E-state index contributed by atoms with van der Waals surface area (Å²) in [6.07, 6.45) is -26.7. The van der Waals surface area contributed by atoms with Crippen molar-refractivity contribution in [3.63, 3.8) is 0 Å². The summed E-state index contributed by atoms with van der Waals surface area (Å²) < 4.78 is 62.2. The molecule has 0 spiro atoms. The molecule has 0 aromatic carbocycles. The zero-order valence-electron chi connectivity index (χ0n) is 26.3. The molecule has 3 aliphatic rings. The molecular weight excluding hydrogens is 712 g/mol. The molecule has 2 amide bonds. The molecule has 0 aliphatic carbocycles. The molecule has 3 saturated heterocycles. The first-order valence-corrected chi connectivity index (χ1v) is 16.2. The molecule has 16 atom stereocenters. The number of rotatable bonds is 14. The quantitative estimate of drug-likeness (QED) is 0.0732. The Hall–Kier alpha value is -2.28. The summed E-state index contributed by atoms with van der Waals surface area (Å²) in [7, 11) is -5.07. The van der Waals surface area contributed by atoms with Gasteiger partial charge in [-0.05, 0) is 0 Å². The highest BCUT2D eigenvalue weighted by Gasteiger charge is 2.57. The van der Waals surface area contributed by atoms with E-state index in [2.05, 4.69) is 14.8 Å². The number of hydrogen-bond acceptors (Lipinski definition) is 20. The van der Waals surface area contributed by atoms with E-state index < -0.39 is 152 Å². The summed E-state index contributed by atoms with van der Waals surface area (Å²) >= 11 is 0. The summed E-state index contributed by atoms with van der Waals surface area (Å²) in [4.78, 5) is 36.2. The van der Waals surface area contributed by atoms with Crippen LogP contribution in [0.25, 0.3) is 0 Å². The molecule has 0 radical (unpaired) electrons. The highest BCUT2D eigenvalue weighted by Crippen LogP contribution is 2.35. The van der Waals surface area contributed by atoms with Gasteiger partial charge in [0.2, 0.25) is 11.8 Å². The number of carboxylic acid groups (broad SMARTS) is 1. The lowest BCUT2D eigenvalue weighted by Gasteiger charge is -2.48. The van der Waals surface area contributed by atoms with Crippen molar-refractivity contribution < 1.29 is 106 Å². The fourth-order valence-corrected chi connectivity index (χ4v) is 5.90. The van der Waals surface area contributed by atoms with Crippen LogP contribution in [0.5, 0.6) is 0 Å². The number of aliphatic hydroxyl groups excluding tert-OH is 9. The monoisotopic (exact) mass is 754 g/mol. The first kappa shape index (κ1) is 42.1. The number of carbonyl (C=O) groups is 3. The molecule has 3 aliphatic heterocycles. The lowest BCUT2D eigenvalue weighted by Crippen LogP contribution is -2.69. The van der Waals surface area contributed by atoms with E-state index in [0.717, 1.165) is 13.8 Å². The van der Waals surface area contributed by atoms with Crippen molar-refractivity contribution in [2.75, 3.05) is 19.8 Å². The second kappa shape index (κ2) is 17.0. The minimum absolute atomic E-state index is 0.754. The third-order valence-electron chi connectivity index (χ3n) is 8.07. The molecule has 0 saturated carbocycles. The number of carbonyl (C=O) groups excluding carboxylic acids is 2. The summed E-state index contributed by atoms with van der Waals surface area (Å²) in [5, 5.41) is 108. The van der Waals surface area contributed by atoms with Gasteiger partial charge in [-0.3, -0.25) is 14.1 Å². The average molecular weight is 755 g/mol. The van der Waals surface area contributed by atoms with Gasteiger partial charge in [-0.15, -0.1) is 0 Å². The van der Waals surface area contributed by atoms with E-state index in [1.807, 2.05) is 0 Å². The molecule has 0 aromatic rings. The van der Waals surface area contributed by atoms with Gasteiger partial charge in [0.05, 0.1) is 32.0 Å². The van der Waals surface area contributed by atoms with Gasteiger partial charge in [-0.2, -0.15) is 8.42 Å². The minimum Gasteiger partial charge on any atom is -0.477 e. The lowest BCUT2D eigenvalue weighted by atomic mass is 9.88. The van der Waals surface area contributed by atoms with Gasteiger partial charge < -0.3 is 85.4 Å². The molecule has 25 heteroatoms. The molecule has 0 bridgehead atoms. The fourth-order valence-electron chi connectivity index (χ4n) is 5.59. The van der Waals surface area contributed by atoms with Crippen LogP contribution in [-0.4, -0.2) is 199 Å². The van der Waals surface area contributed by atoms with Crippen LogP contribution in [0.2, 0.25) is 0 Å². The van der Waals surface area contributed by atoms with Gasteiger partial charge in [0, 0.05) is 20.3 Å². The van der Waals surface area contributed by atoms with Crippen LogP contribution < -0.4 is 10.6 Å². The van der Waals surface area contributed by atoms with E-state index >= 15 is 0 Å². The van der Waals surface area contributed by atoms with E-state index in [1.54, 1.807) is 0 Å². The van der Waals surface area contributed by atoms with Crippen molar-refractivity contribution in [2.45, 2.75) is 118 Å². The number of aliphatic hydroxyl groups is 9. The van der Waals surface area contributed by atoms with Crippen LogP contribution in [0, 0.1) is 0 Å². The highest BCUT2D eigenvalue weighted by molar-refractivity contribution is 7.80. The average Bonchev–Trinajstić information content (AvgIpc) is 3.02. The maximum Gasteiger partial charge on any atom is 0.397 e. The third-order valence-corrected chi connectivity index (χ3v) is 8.50. The zero-order chi connectivity index (χ0) is 37.9. The topological polar surface area (TPSA) is 387 Å². The maximum absolute atomic E-state index is 12.5. The molecule has 24 nitrogen and oxygen atoms in total. The molecule has 0 aromatic heterocycles. The van der Waals surface area contributed by atoms with E-state index in [-0.39, 0.29) is 0 Å². The van der Waals surface area contributed by atoms with Crippen LogP contribution in [0.4, 0.5) is 0 Å². The number of nitrogens with one attached hydrogen (secondary N) is 2. The Labute approximate surface area is 283 Å². The van der Waals surface area contributed by atoms with E-state index in [1.165, 1.54) is 0 Å². The van der Waals surface area contributed by atoms with E-state index in [4.69, 9.17) is 28.2 Å². The van der Waals surface area contributed by atoms with Gasteiger partial charge >= 0.3 is 16.4 Å². The molecule has 3 rings (SSSR count). The number of aliphatic carboxylic acids is 1. The predicted octanol–water partition coefficient (Wildman–Crippen LogP) is -8.25. The smallest absolute Gasteiger partial charge is 0.397 e. The van der Waals surface area contributed by atoms with Crippen molar-refractivity contribution in [1.29, 1.82) is 0 Å². The summed E-state index contributed by atoms with van der Waals surface area (Å²) in [6.45, 7) is -1.17. The second-order valence-corrected chi connectivity index (χ2v) is 12.9. The Morgan fingerprint density at radius 2 is 1.46 bits per heavy atom. The van der Waals surface area contributed by atoms with Crippen molar-refractivity contribution in [3.05, 3.63) is 0 Å². The van der Waals surface area contributed by atoms with E-state index in [0.29, 0.717) is 0 Å². The van der Waals surface area contributed by atoms with Crippen molar-refractivity contribution in [3.8, 4) is 0 Å². The van der Waals surface area contributed by atoms with Gasteiger partial charge in [-0.25, -0.2) is 8.98 Å². The van der Waals surface area contributed by atoms with Crippen LogP contribution in [0.1, 0.15) is 20.3 Å². The summed E-state index contributed by atoms with van der Waals surface area (Å²) in [6, 6.07) is -3.22. The first-order chi connectivity index (χ1) is 23.1. The van der Waals surface area contributed by atoms with Crippen molar-refractivity contribution in [1.82, 2.24) is 10.6 Å².